The molecule has 0 unspecified atom stereocenters. The zero-order valence-corrected chi connectivity index (χ0v) is 9.48. The summed E-state index contributed by atoms with van der Waals surface area (Å²) in [6.07, 6.45) is 2.80. The van der Waals surface area contributed by atoms with Crippen molar-refractivity contribution in [2.75, 3.05) is 0 Å². The predicted molar refractivity (Wildman–Crippen MR) is 35.5 cm³/mol. The van der Waals surface area contributed by atoms with Crippen molar-refractivity contribution in [3.8, 4) is 0 Å². The van der Waals surface area contributed by atoms with Crippen LogP contribution >= 0.6 is 15.9 Å². The number of hydrogen-bond donors (Lipinski definition) is 0. The number of halogens is 1. The zero-order valence-electron chi connectivity index (χ0n) is 5.06. The molecule has 0 N–H and O–H groups in total. The molecular weight excluding hydrogens is 255 g/mol. The molecule has 1 aromatic heterocycles. The van der Waals surface area contributed by atoms with Crippen LogP contribution < -0.4 is 0 Å². The molecule has 0 aliphatic heterocycles. The first-order valence-electron chi connectivity index (χ1n) is 2.30. The largest absolute Gasteiger partial charge is 3.00 e. The van der Waals surface area contributed by atoms with Crippen molar-refractivity contribution in [3.63, 3.8) is 0 Å². The van der Waals surface area contributed by atoms with Crippen LogP contribution in [0.5, 0.6) is 0 Å². The van der Waals surface area contributed by atoms with Crippen LogP contribution in [-0.4, -0.2) is 4.98 Å². The van der Waals surface area contributed by atoms with Crippen molar-refractivity contribution < 1.29 is 32.7 Å². The molecule has 0 aliphatic rings. The van der Waals surface area contributed by atoms with E-state index in [1.807, 2.05) is 19.1 Å². The predicted octanol–water partition coefficient (Wildman–Crippen LogP) is 1.95. The molecule has 3 heteroatoms. The van der Waals surface area contributed by atoms with Crippen molar-refractivity contribution in [2.24, 2.45) is 0 Å². The van der Waals surface area contributed by atoms with Gasteiger partial charge < -0.3 is 4.98 Å². The van der Waals surface area contributed by atoms with Crippen LogP contribution in [0.25, 0.3) is 0 Å². The van der Waals surface area contributed by atoms with E-state index < -0.39 is 0 Å². The quantitative estimate of drug-likeness (QED) is 0.513. The smallest absolute Gasteiger partial charge is 0.379 e. The Kier molecular flexibility index (Phi) is 4.90. The van der Waals surface area contributed by atoms with E-state index in [1.165, 1.54) is 0 Å². The third kappa shape index (κ3) is 3.44. The molecule has 0 fully saturated rings. The van der Waals surface area contributed by atoms with E-state index in [9.17, 15) is 0 Å². The van der Waals surface area contributed by atoms with Gasteiger partial charge >= 0.3 is 32.7 Å². The Bertz CT molecular complexity index is 152. The zero-order chi connectivity index (χ0) is 5.98. The Morgan fingerprint density at radius 2 is 2.22 bits per heavy atom. The molecule has 0 radical (unpaired) electrons. The molecule has 0 atom stereocenters. The number of aromatic nitrogens is 1. The molecule has 1 aromatic rings. The molecule has 42 valence electrons. The Labute approximate surface area is 88.3 Å². The van der Waals surface area contributed by atoms with E-state index in [-0.39, 0.29) is 32.7 Å². The van der Waals surface area contributed by atoms with E-state index in [4.69, 9.17) is 0 Å². The maximum absolute atomic E-state index is 3.87. The van der Waals surface area contributed by atoms with Gasteiger partial charge in [-0.1, -0.05) is 13.1 Å². The van der Waals surface area contributed by atoms with Crippen molar-refractivity contribution in [2.45, 2.75) is 6.92 Å². The van der Waals surface area contributed by atoms with Crippen LogP contribution in [0.3, 0.4) is 0 Å². The number of aryl methyl sites for hydroxylation is 1. The van der Waals surface area contributed by atoms with Crippen molar-refractivity contribution in [1.82, 2.24) is 4.98 Å². The normalized spacial score (nSPS) is 8.22. The van der Waals surface area contributed by atoms with Crippen molar-refractivity contribution in [1.29, 1.82) is 0 Å². The third-order valence-electron chi connectivity index (χ3n) is 0.810. The molecule has 0 bridgehead atoms. The number of hydrogen-bond acceptors (Lipinski definition) is 1. The van der Waals surface area contributed by atoms with Crippen LogP contribution in [0.4, 0.5) is 0 Å². The van der Waals surface area contributed by atoms with Gasteiger partial charge in [0, 0.05) is 0 Å². The Morgan fingerprint density at radius 3 is 2.56 bits per heavy atom. The maximum Gasteiger partial charge on any atom is 3.00 e. The summed E-state index contributed by atoms with van der Waals surface area (Å²) in [5.41, 5.74) is 1.06. The van der Waals surface area contributed by atoms with Gasteiger partial charge in [-0.05, 0) is 4.60 Å². The summed E-state index contributed by atoms with van der Waals surface area (Å²) in [4.78, 5) is 3.87. The van der Waals surface area contributed by atoms with Gasteiger partial charge in [0.2, 0.25) is 0 Å². The Hall–Kier alpha value is 0.734. The van der Waals surface area contributed by atoms with Crippen molar-refractivity contribution in [3.05, 3.63) is 28.5 Å². The average Bonchev–Trinajstić information content (AvgIpc) is 1.77. The standard InChI is InChI=1S/C6H5BrN.Y/c1-5-2-3-6(7)8-4-5;/h2-3H,1H3;/q-1;+3. The third-order valence-corrected chi connectivity index (χ3v) is 1.25. The van der Waals surface area contributed by atoms with E-state index in [1.54, 1.807) is 0 Å². The Morgan fingerprint density at radius 1 is 1.56 bits per heavy atom. The molecule has 0 aromatic carbocycles. The molecule has 0 saturated carbocycles. The first kappa shape index (κ1) is 9.73. The van der Waals surface area contributed by atoms with Gasteiger partial charge in [-0.2, -0.15) is 6.07 Å². The molecule has 0 spiro atoms. The fraction of sp³-hybridized carbons (Fsp3) is 0.167. The minimum Gasteiger partial charge on any atom is -0.379 e. The summed E-state index contributed by atoms with van der Waals surface area (Å²) in [7, 11) is 0. The molecule has 0 saturated heterocycles. The van der Waals surface area contributed by atoms with Crippen LogP contribution in [-0.2, 0) is 32.7 Å². The van der Waals surface area contributed by atoms with Gasteiger partial charge in [-0.15, -0.1) is 27.6 Å². The average molecular weight is 260 g/mol. The van der Waals surface area contributed by atoms with Gasteiger partial charge in [-0.25, -0.2) is 0 Å². The van der Waals surface area contributed by atoms with Crippen LogP contribution in [0.2, 0.25) is 0 Å². The second-order valence-electron chi connectivity index (χ2n) is 1.56. The van der Waals surface area contributed by atoms with Crippen LogP contribution in [0.1, 0.15) is 5.56 Å². The summed E-state index contributed by atoms with van der Waals surface area (Å²) < 4.78 is 0.836. The van der Waals surface area contributed by atoms with Gasteiger partial charge in [0.05, 0.1) is 0 Å². The van der Waals surface area contributed by atoms with Crippen LogP contribution in [0, 0.1) is 13.1 Å². The SMILES string of the molecule is Cc1[c-]nc(Br)cc1.[Y+3]. The summed E-state index contributed by atoms with van der Waals surface area (Å²) in [6.45, 7) is 1.96. The van der Waals surface area contributed by atoms with E-state index in [0.29, 0.717) is 0 Å². The van der Waals surface area contributed by atoms with Crippen molar-refractivity contribution >= 4 is 15.9 Å². The molecule has 0 amide bonds. The Balaban J connectivity index is 0.000000640. The first-order chi connectivity index (χ1) is 3.79. The molecule has 0 aliphatic carbocycles. The number of rotatable bonds is 0. The number of nitrogens with zero attached hydrogens (tertiary/aromatic N) is 1. The van der Waals surface area contributed by atoms with Gasteiger partial charge in [0.15, 0.2) is 0 Å². The summed E-state index contributed by atoms with van der Waals surface area (Å²) in [6, 6.07) is 3.85. The molecule has 1 heterocycles. The molecule has 1 rings (SSSR count). The maximum atomic E-state index is 3.87. The van der Waals surface area contributed by atoms with Gasteiger partial charge in [0.25, 0.3) is 0 Å². The topological polar surface area (TPSA) is 12.9 Å². The monoisotopic (exact) mass is 259 g/mol. The fourth-order valence-electron chi connectivity index (χ4n) is 0.410. The summed E-state index contributed by atoms with van der Waals surface area (Å²) in [5.74, 6) is 0. The summed E-state index contributed by atoms with van der Waals surface area (Å²) in [5, 5.41) is 0. The first-order valence-corrected chi connectivity index (χ1v) is 3.09. The second kappa shape index (κ2) is 4.53. The van der Waals surface area contributed by atoms with E-state index >= 15 is 0 Å². The molecule has 1 nitrogen and oxygen atoms in total. The minimum atomic E-state index is 0. The fourth-order valence-corrected chi connectivity index (χ4v) is 0.631. The van der Waals surface area contributed by atoms with Crippen LogP contribution in [0.15, 0.2) is 16.7 Å². The summed E-state index contributed by atoms with van der Waals surface area (Å²) >= 11 is 3.20. The van der Waals surface area contributed by atoms with E-state index in [0.717, 1.165) is 10.2 Å². The van der Waals surface area contributed by atoms with Gasteiger partial charge in [0.1, 0.15) is 0 Å². The minimum absolute atomic E-state index is 0. The molecule has 9 heavy (non-hydrogen) atoms. The van der Waals surface area contributed by atoms with E-state index in [2.05, 4.69) is 27.1 Å². The molecular formula is C6H5BrNY+2. The number of pyridine rings is 1. The van der Waals surface area contributed by atoms with Gasteiger partial charge in [-0.3, -0.25) is 0 Å². The second-order valence-corrected chi connectivity index (χ2v) is 2.38.